The molecule has 0 amide bonds. The van der Waals surface area contributed by atoms with Crippen molar-refractivity contribution in [2.24, 2.45) is 14.1 Å². The molecule has 0 fully saturated rings. The molecule has 0 aliphatic rings. The Balaban J connectivity index is 2.17. The van der Waals surface area contributed by atoms with Crippen molar-refractivity contribution in [1.29, 1.82) is 0 Å². The molecule has 2 N–H and O–H groups in total. The lowest BCUT2D eigenvalue weighted by atomic mass is 10.2. The topological polar surface area (TPSA) is 52.9 Å². The lowest BCUT2D eigenvalue weighted by Gasteiger charge is -2.04. The van der Waals surface area contributed by atoms with E-state index in [0.29, 0.717) is 17.1 Å². The molecule has 4 nitrogen and oxygen atoms in total. The lowest BCUT2D eigenvalue weighted by molar-refractivity contribution is 0.102. The highest BCUT2D eigenvalue weighted by molar-refractivity contribution is 6.10. The van der Waals surface area contributed by atoms with Crippen molar-refractivity contribution in [1.82, 2.24) is 9.13 Å². The van der Waals surface area contributed by atoms with E-state index in [-0.39, 0.29) is 5.78 Å². The molecular formula is C15H15N3O. The largest absolute Gasteiger partial charge is 0.397 e. The first-order chi connectivity index (χ1) is 9.08. The van der Waals surface area contributed by atoms with Gasteiger partial charge in [-0.1, -0.05) is 18.2 Å². The van der Waals surface area contributed by atoms with Crippen molar-refractivity contribution in [3.05, 3.63) is 54.0 Å². The predicted molar refractivity (Wildman–Crippen MR) is 76.2 cm³/mol. The molecule has 0 spiro atoms. The van der Waals surface area contributed by atoms with Gasteiger partial charge < -0.3 is 14.9 Å². The van der Waals surface area contributed by atoms with Crippen LogP contribution in [0.4, 0.5) is 5.69 Å². The third kappa shape index (κ3) is 1.73. The Morgan fingerprint density at radius 2 is 1.84 bits per heavy atom. The molecule has 0 aliphatic carbocycles. The Kier molecular flexibility index (Phi) is 2.45. The smallest absolute Gasteiger partial charge is 0.225 e. The number of hydrogen-bond acceptors (Lipinski definition) is 2. The minimum Gasteiger partial charge on any atom is -0.397 e. The molecule has 0 radical (unpaired) electrons. The minimum absolute atomic E-state index is 0.0158. The van der Waals surface area contributed by atoms with Gasteiger partial charge in [0.25, 0.3) is 0 Å². The second-order valence-electron chi connectivity index (χ2n) is 4.75. The average Bonchev–Trinajstić information content (AvgIpc) is 2.90. The van der Waals surface area contributed by atoms with E-state index < -0.39 is 0 Å². The van der Waals surface area contributed by atoms with Crippen LogP contribution in [0.5, 0.6) is 0 Å². The SMILES string of the molecule is Cn1cc(N)cc1C(=O)c1cc2ccccc2n1C. The van der Waals surface area contributed by atoms with Crippen molar-refractivity contribution in [3.8, 4) is 0 Å². The Morgan fingerprint density at radius 1 is 1.11 bits per heavy atom. The summed E-state index contributed by atoms with van der Waals surface area (Å²) in [6, 6.07) is 11.6. The highest BCUT2D eigenvalue weighted by Crippen LogP contribution is 2.21. The molecule has 0 aliphatic heterocycles. The normalized spacial score (nSPS) is 11.1. The maximum Gasteiger partial charge on any atom is 0.225 e. The molecule has 19 heavy (non-hydrogen) atoms. The quantitative estimate of drug-likeness (QED) is 0.713. The van der Waals surface area contributed by atoms with Crippen molar-refractivity contribution in [3.63, 3.8) is 0 Å². The molecule has 0 bridgehead atoms. The van der Waals surface area contributed by atoms with Gasteiger partial charge in [0.15, 0.2) is 0 Å². The number of para-hydroxylation sites is 1. The molecule has 0 atom stereocenters. The molecule has 1 aromatic carbocycles. The number of carbonyl (C=O) groups excluding carboxylic acids is 1. The van der Waals surface area contributed by atoms with E-state index in [2.05, 4.69) is 0 Å². The molecule has 0 saturated heterocycles. The van der Waals surface area contributed by atoms with Crippen LogP contribution in [0.1, 0.15) is 16.2 Å². The highest BCUT2D eigenvalue weighted by atomic mass is 16.1. The molecule has 0 unspecified atom stereocenters. The van der Waals surface area contributed by atoms with Gasteiger partial charge in [-0.25, -0.2) is 0 Å². The van der Waals surface area contributed by atoms with Gasteiger partial charge >= 0.3 is 0 Å². The van der Waals surface area contributed by atoms with Crippen LogP contribution < -0.4 is 5.73 Å². The van der Waals surface area contributed by atoms with Gasteiger partial charge in [-0.15, -0.1) is 0 Å². The first kappa shape index (κ1) is 11.6. The molecule has 4 heteroatoms. The first-order valence-electron chi connectivity index (χ1n) is 6.09. The maximum absolute atomic E-state index is 12.6. The zero-order valence-electron chi connectivity index (χ0n) is 10.9. The number of anilines is 1. The Labute approximate surface area is 111 Å². The number of nitrogens with zero attached hydrogens (tertiary/aromatic N) is 2. The van der Waals surface area contributed by atoms with Crippen LogP contribution in [-0.2, 0) is 14.1 Å². The summed E-state index contributed by atoms with van der Waals surface area (Å²) in [5.41, 5.74) is 8.65. The molecular weight excluding hydrogens is 238 g/mol. The van der Waals surface area contributed by atoms with E-state index in [1.165, 1.54) is 0 Å². The average molecular weight is 253 g/mol. The van der Waals surface area contributed by atoms with Crippen LogP contribution >= 0.6 is 0 Å². The van der Waals surface area contributed by atoms with Crippen LogP contribution in [0.25, 0.3) is 10.9 Å². The highest BCUT2D eigenvalue weighted by Gasteiger charge is 2.18. The second kappa shape index (κ2) is 4.02. The van der Waals surface area contributed by atoms with Gasteiger partial charge in [-0.2, -0.15) is 0 Å². The van der Waals surface area contributed by atoms with E-state index in [1.807, 2.05) is 49.0 Å². The number of hydrogen-bond donors (Lipinski definition) is 1. The Bertz CT molecular complexity index is 780. The summed E-state index contributed by atoms with van der Waals surface area (Å²) in [4.78, 5) is 12.6. The Hall–Kier alpha value is -2.49. The molecule has 2 heterocycles. The number of rotatable bonds is 2. The van der Waals surface area contributed by atoms with Gasteiger partial charge in [0.2, 0.25) is 5.78 Å². The summed E-state index contributed by atoms with van der Waals surface area (Å²) in [5.74, 6) is -0.0158. The predicted octanol–water partition coefficient (Wildman–Crippen LogP) is 2.33. The van der Waals surface area contributed by atoms with Crippen molar-refractivity contribution in [2.45, 2.75) is 0 Å². The number of benzene rings is 1. The van der Waals surface area contributed by atoms with Gasteiger partial charge in [0.05, 0.1) is 17.1 Å². The van der Waals surface area contributed by atoms with E-state index in [9.17, 15) is 4.79 Å². The fraction of sp³-hybridized carbons (Fsp3) is 0.133. The first-order valence-corrected chi connectivity index (χ1v) is 6.09. The fourth-order valence-electron chi connectivity index (χ4n) is 2.45. The van der Waals surface area contributed by atoms with Crippen molar-refractivity contribution < 1.29 is 4.79 Å². The number of fused-ring (bicyclic) bond motifs is 1. The van der Waals surface area contributed by atoms with Gasteiger partial charge in [0.1, 0.15) is 0 Å². The molecule has 0 saturated carbocycles. The van der Waals surface area contributed by atoms with Crippen LogP contribution in [0.3, 0.4) is 0 Å². The van der Waals surface area contributed by atoms with Gasteiger partial charge in [0, 0.05) is 31.2 Å². The summed E-state index contributed by atoms with van der Waals surface area (Å²) < 4.78 is 3.68. The molecule has 2 aromatic heterocycles. The number of nitrogens with two attached hydrogens (primary N) is 1. The minimum atomic E-state index is -0.0158. The third-order valence-corrected chi connectivity index (χ3v) is 3.44. The maximum atomic E-state index is 12.6. The van der Waals surface area contributed by atoms with E-state index >= 15 is 0 Å². The summed E-state index contributed by atoms with van der Waals surface area (Å²) >= 11 is 0. The van der Waals surface area contributed by atoms with E-state index in [0.717, 1.165) is 10.9 Å². The summed E-state index contributed by atoms with van der Waals surface area (Å²) in [5, 5.41) is 1.07. The fourth-order valence-corrected chi connectivity index (χ4v) is 2.45. The van der Waals surface area contributed by atoms with Crippen molar-refractivity contribution >= 4 is 22.4 Å². The van der Waals surface area contributed by atoms with E-state index in [4.69, 9.17) is 5.73 Å². The molecule has 96 valence electrons. The number of nitrogen functional groups attached to an aromatic ring is 1. The lowest BCUT2D eigenvalue weighted by Crippen LogP contribution is -2.10. The van der Waals surface area contributed by atoms with Crippen LogP contribution in [-0.4, -0.2) is 14.9 Å². The van der Waals surface area contributed by atoms with Crippen molar-refractivity contribution in [2.75, 3.05) is 5.73 Å². The number of aromatic nitrogens is 2. The Morgan fingerprint density at radius 3 is 2.47 bits per heavy atom. The monoisotopic (exact) mass is 253 g/mol. The number of ketones is 1. The molecule has 3 rings (SSSR count). The van der Waals surface area contributed by atoms with Crippen LogP contribution in [0.15, 0.2) is 42.6 Å². The summed E-state index contributed by atoms with van der Waals surface area (Å²) in [7, 11) is 3.73. The van der Waals surface area contributed by atoms with Gasteiger partial charge in [-0.05, 0) is 18.2 Å². The van der Waals surface area contributed by atoms with Crippen LogP contribution in [0.2, 0.25) is 0 Å². The summed E-state index contributed by atoms with van der Waals surface area (Å²) in [6.45, 7) is 0. The summed E-state index contributed by atoms with van der Waals surface area (Å²) in [6.07, 6.45) is 1.75. The number of carbonyl (C=O) groups is 1. The molecule has 3 aromatic rings. The zero-order valence-corrected chi connectivity index (χ0v) is 10.9. The zero-order chi connectivity index (χ0) is 13.6. The van der Waals surface area contributed by atoms with E-state index in [1.54, 1.807) is 16.8 Å². The third-order valence-electron chi connectivity index (χ3n) is 3.44. The van der Waals surface area contributed by atoms with Crippen LogP contribution in [0, 0.1) is 0 Å². The van der Waals surface area contributed by atoms with Gasteiger partial charge in [-0.3, -0.25) is 4.79 Å². The second-order valence-corrected chi connectivity index (χ2v) is 4.75. The standard InChI is InChI=1S/C15H15N3O/c1-17-9-11(16)8-13(17)15(19)14-7-10-5-3-4-6-12(10)18(14)2/h3-9H,16H2,1-2H3. The number of aryl methyl sites for hydroxylation is 2.